The number of amides is 1. The third-order valence-corrected chi connectivity index (χ3v) is 4.78. The van der Waals surface area contributed by atoms with E-state index in [1.54, 1.807) is 4.90 Å². The second kappa shape index (κ2) is 6.71. The number of benzene rings is 2. The Labute approximate surface area is 148 Å². The summed E-state index contributed by atoms with van der Waals surface area (Å²) in [6, 6.07) is 11.7. The quantitative estimate of drug-likeness (QED) is 0.631. The average molecular weight is 337 g/mol. The molecule has 1 saturated heterocycles. The topological polar surface area (TPSA) is 46.6 Å². The molecule has 25 heavy (non-hydrogen) atoms. The molecule has 1 aliphatic rings. The number of esters is 1. The molecule has 1 atom stereocenters. The molecule has 1 amide bonds. The van der Waals surface area contributed by atoms with Gasteiger partial charge in [-0.3, -0.25) is 9.59 Å². The van der Waals surface area contributed by atoms with Gasteiger partial charge in [-0.2, -0.15) is 0 Å². The van der Waals surface area contributed by atoms with Gasteiger partial charge in [0, 0.05) is 18.7 Å². The Morgan fingerprint density at radius 3 is 2.04 bits per heavy atom. The van der Waals surface area contributed by atoms with Gasteiger partial charge >= 0.3 is 5.97 Å². The maximum atomic E-state index is 12.6. The highest BCUT2D eigenvalue weighted by Gasteiger charge is 2.37. The van der Waals surface area contributed by atoms with E-state index in [4.69, 9.17) is 4.74 Å². The average Bonchev–Trinajstić information content (AvgIpc) is 2.93. The summed E-state index contributed by atoms with van der Waals surface area (Å²) < 4.78 is 5.64. The SMILES string of the molecule is Cc1cccc(C)c1OC(=O)[C@H]1CC(=O)N(c2c(C)cccc2C)C1. The summed E-state index contributed by atoms with van der Waals surface area (Å²) in [5.74, 6) is -0.198. The van der Waals surface area contributed by atoms with Gasteiger partial charge < -0.3 is 9.64 Å². The van der Waals surface area contributed by atoms with Crippen molar-refractivity contribution in [3.05, 3.63) is 58.7 Å². The van der Waals surface area contributed by atoms with Gasteiger partial charge in [-0.25, -0.2) is 0 Å². The highest BCUT2D eigenvalue weighted by molar-refractivity contribution is 6.00. The Kier molecular flexibility index (Phi) is 4.62. The zero-order valence-electron chi connectivity index (χ0n) is 15.1. The molecule has 0 spiro atoms. The van der Waals surface area contributed by atoms with Crippen LogP contribution in [0.25, 0.3) is 0 Å². The Bertz CT molecular complexity index is 801. The number of hydrogen-bond acceptors (Lipinski definition) is 3. The third-order valence-electron chi connectivity index (χ3n) is 4.78. The van der Waals surface area contributed by atoms with E-state index in [0.29, 0.717) is 12.3 Å². The van der Waals surface area contributed by atoms with E-state index in [1.807, 2.05) is 64.1 Å². The lowest BCUT2D eigenvalue weighted by Crippen LogP contribution is -2.28. The predicted molar refractivity (Wildman–Crippen MR) is 97.9 cm³/mol. The zero-order chi connectivity index (χ0) is 18.1. The Hall–Kier alpha value is -2.62. The Morgan fingerprint density at radius 2 is 1.48 bits per heavy atom. The van der Waals surface area contributed by atoms with Crippen LogP contribution in [-0.2, 0) is 9.59 Å². The molecule has 0 saturated carbocycles. The predicted octanol–water partition coefficient (Wildman–Crippen LogP) is 3.88. The second-order valence-electron chi connectivity index (χ2n) is 6.79. The van der Waals surface area contributed by atoms with Crippen LogP contribution in [0.2, 0.25) is 0 Å². The van der Waals surface area contributed by atoms with Crippen molar-refractivity contribution in [2.24, 2.45) is 5.92 Å². The van der Waals surface area contributed by atoms with E-state index in [0.717, 1.165) is 27.9 Å². The molecule has 130 valence electrons. The van der Waals surface area contributed by atoms with Crippen LogP contribution >= 0.6 is 0 Å². The molecule has 4 nitrogen and oxygen atoms in total. The van der Waals surface area contributed by atoms with Gasteiger partial charge in [-0.05, 0) is 49.9 Å². The highest BCUT2D eigenvalue weighted by atomic mass is 16.5. The summed E-state index contributed by atoms with van der Waals surface area (Å²) in [7, 11) is 0. The van der Waals surface area contributed by atoms with E-state index < -0.39 is 5.92 Å². The first-order chi connectivity index (χ1) is 11.9. The van der Waals surface area contributed by atoms with Crippen LogP contribution < -0.4 is 9.64 Å². The van der Waals surface area contributed by atoms with E-state index in [9.17, 15) is 9.59 Å². The third kappa shape index (κ3) is 3.29. The fraction of sp³-hybridized carbons (Fsp3) is 0.333. The van der Waals surface area contributed by atoms with Gasteiger partial charge in [0.25, 0.3) is 0 Å². The lowest BCUT2D eigenvalue weighted by Gasteiger charge is -2.21. The fourth-order valence-corrected chi connectivity index (χ4v) is 3.46. The van der Waals surface area contributed by atoms with Crippen LogP contribution in [0.15, 0.2) is 36.4 Å². The summed E-state index contributed by atoms with van der Waals surface area (Å²) in [4.78, 5) is 26.8. The Morgan fingerprint density at radius 1 is 0.960 bits per heavy atom. The molecule has 0 radical (unpaired) electrons. The molecule has 2 aromatic rings. The van der Waals surface area contributed by atoms with Gasteiger partial charge in [-0.15, -0.1) is 0 Å². The number of carbonyl (C=O) groups excluding carboxylic acids is 2. The van der Waals surface area contributed by atoms with Crippen molar-refractivity contribution in [1.29, 1.82) is 0 Å². The van der Waals surface area contributed by atoms with Crippen molar-refractivity contribution >= 4 is 17.6 Å². The van der Waals surface area contributed by atoms with E-state index in [1.165, 1.54) is 0 Å². The second-order valence-corrected chi connectivity index (χ2v) is 6.79. The first-order valence-electron chi connectivity index (χ1n) is 8.53. The molecule has 0 bridgehead atoms. The standard InChI is InChI=1S/C21H23NO3/c1-13-7-5-8-14(2)19(13)22-12-17(11-18(22)23)21(24)25-20-15(3)9-6-10-16(20)4/h5-10,17H,11-12H2,1-4H3/t17-/m0/s1. The smallest absolute Gasteiger partial charge is 0.316 e. The minimum absolute atomic E-state index is 0.0270. The minimum atomic E-state index is -0.439. The van der Waals surface area contributed by atoms with Crippen molar-refractivity contribution in [3.8, 4) is 5.75 Å². The Balaban J connectivity index is 1.80. The molecule has 0 aromatic heterocycles. The number of aryl methyl sites for hydroxylation is 4. The molecule has 2 aromatic carbocycles. The van der Waals surface area contributed by atoms with Gasteiger partial charge in [0.1, 0.15) is 5.75 Å². The van der Waals surface area contributed by atoms with Crippen molar-refractivity contribution in [3.63, 3.8) is 0 Å². The van der Waals surface area contributed by atoms with E-state index in [2.05, 4.69) is 0 Å². The van der Waals surface area contributed by atoms with Crippen molar-refractivity contribution < 1.29 is 14.3 Å². The zero-order valence-corrected chi connectivity index (χ0v) is 15.1. The van der Waals surface area contributed by atoms with Crippen molar-refractivity contribution in [1.82, 2.24) is 0 Å². The first kappa shape index (κ1) is 17.2. The van der Waals surface area contributed by atoms with Crippen LogP contribution in [0.5, 0.6) is 5.75 Å². The van der Waals surface area contributed by atoms with Crippen LogP contribution in [0, 0.1) is 33.6 Å². The van der Waals surface area contributed by atoms with Gasteiger partial charge in [-0.1, -0.05) is 36.4 Å². The van der Waals surface area contributed by atoms with Gasteiger partial charge in [0.2, 0.25) is 5.91 Å². The molecular formula is C21H23NO3. The number of carbonyl (C=O) groups is 2. The van der Waals surface area contributed by atoms with E-state index >= 15 is 0 Å². The maximum absolute atomic E-state index is 12.6. The first-order valence-corrected chi connectivity index (χ1v) is 8.53. The van der Waals surface area contributed by atoms with Crippen LogP contribution in [0.4, 0.5) is 5.69 Å². The number of ether oxygens (including phenoxy) is 1. The van der Waals surface area contributed by atoms with Crippen LogP contribution in [-0.4, -0.2) is 18.4 Å². The number of hydrogen-bond donors (Lipinski definition) is 0. The lowest BCUT2D eigenvalue weighted by atomic mass is 10.1. The van der Waals surface area contributed by atoms with Crippen LogP contribution in [0.1, 0.15) is 28.7 Å². The summed E-state index contributed by atoms with van der Waals surface area (Å²) >= 11 is 0. The number of anilines is 1. The maximum Gasteiger partial charge on any atom is 0.316 e. The molecule has 4 heteroatoms. The lowest BCUT2D eigenvalue weighted by molar-refractivity contribution is -0.139. The summed E-state index contributed by atoms with van der Waals surface area (Å²) in [5.41, 5.74) is 4.83. The molecule has 0 aliphatic carbocycles. The molecule has 1 aliphatic heterocycles. The number of para-hydroxylation sites is 2. The monoisotopic (exact) mass is 337 g/mol. The molecule has 3 rings (SSSR count). The number of rotatable bonds is 3. The largest absolute Gasteiger partial charge is 0.426 e. The number of nitrogens with zero attached hydrogens (tertiary/aromatic N) is 1. The van der Waals surface area contributed by atoms with Gasteiger partial charge in [0.15, 0.2) is 0 Å². The minimum Gasteiger partial charge on any atom is -0.426 e. The van der Waals surface area contributed by atoms with Crippen molar-refractivity contribution in [2.75, 3.05) is 11.4 Å². The fourth-order valence-electron chi connectivity index (χ4n) is 3.46. The molecule has 0 unspecified atom stereocenters. The summed E-state index contributed by atoms with van der Waals surface area (Å²) in [6.45, 7) is 8.17. The molecular weight excluding hydrogens is 314 g/mol. The van der Waals surface area contributed by atoms with Gasteiger partial charge in [0.05, 0.1) is 5.92 Å². The van der Waals surface area contributed by atoms with Crippen molar-refractivity contribution in [2.45, 2.75) is 34.1 Å². The molecule has 1 heterocycles. The van der Waals surface area contributed by atoms with Crippen LogP contribution in [0.3, 0.4) is 0 Å². The van der Waals surface area contributed by atoms with E-state index in [-0.39, 0.29) is 18.3 Å². The molecule has 1 fully saturated rings. The molecule has 0 N–H and O–H groups in total. The normalized spacial score (nSPS) is 17.0. The summed E-state index contributed by atoms with van der Waals surface area (Å²) in [6.07, 6.45) is 0.192. The highest BCUT2D eigenvalue weighted by Crippen LogP contribution is 2.32. The summed E-state index contributed by atoms with van der Waals surface area (Å²) in [5, 5.41) is 0.